The van der Waals surface area contributed by atoms with Crippen LogP contribution in [-0.4, -0.2) is 18.3 Å². The molecule has 0 fully saturated rings. The molecule has 0 amide bonds. The third-order valence-electron chi connectivity index (χ3n) is 4.26. The summed E-state index contributed by atoms with van der Waals surface area (Å²) in [6, 6.07) is 26.3. The molecule has 6 heteroatoms. The number of hydrazone groups is 1. The number of nitrogens with zero attached hydrogens (tertiary/aromatic N) is 2. The van der Waals surface area contributed by atoms with Crippen LogP contribution in [-0.2, 0) is 0 Å². The summed E-state index contributed by atoms with van der Waals surface area (Å²) in [5.74, 6) is 0.787. The van der Waals surface area contributed by atoms with Gasteiger partial charge in [-0.15, -0.1) is 0 Å². The SMILES string of the molecule is COc1ccc(/C=N/Nc2nc(-c3ccccc3)c(-c3ccccc3)s2)cc1Br. The number of anilines is 1. The second kappa shape index (κ2) is 9.03. The first-order valence-electron chi connectivity index (χ1n) is 8.99. The molecule has 0 aliphatic rings. The van der Waals surface area contributed by atoms with Crippen LogP contribution in [0.25, 0.3) is 21.7 Å². The first-order chi connectivity index (χ1) is 14.2. The van der Waals surface area contributed by atoms with Crippen molar-refractivity contribution in [1.29, 1.82) is 0 Å². The molecule has 0 saturated heterocycles. The van der Waals surface area contributed by atoms with Crippen LogP contribution in [0.3, 0.4) is 0 Å². The molecule has 144 valence electrons. The number of rotatable bonds is 6. The van der Waals surface area contributed by atoms with E-state index in [1.165, 1.54) is 0 Å². The Balaban J connectivity index is 1.61. The van der Waals surface area contributed by atoms with E-state index in [-0.39, 0.29) is 0 Å². The molecule has 1 heterocycles. The summed E-state index contributed by atoms with van der Waals surface area (Å²) in [7, 11) is 1.65. The normalized spacial score (nSPS) is 11.0. The third-order valence-corrected chi connectivity index (χ3v) is 5.89. The highest BCUT2D eigenvalue weighted by Crippen LogP contribution is 2.38. The van der Waals surface area contributed by atoms with Gasteiger partial charge in [0.15, 0.2) is 0 Å². The Morgan fingerprint density at radius 2 is 1.66 bits per heavy atom. The number of thiazole rings is 1. The number of methoxy groups -OCH3 is 1. The molecule has 0 aliphatic heterocycles. The van der Waals surface area contributed by atoms with Crippen molar-refractivity contribution in [3.8, 4) is 27.4 Å². The second-order valence-electron chi connectivity index (χ2n) is 6.19. The molecule has 0 radical (unpaired) electrons. The van der Waals surface area contributed by atoms with Crippen molar-refractivity contribution in [3.63, 3.8) is 0 Å². The van der Waals surface area contributed by atoms with E-state index in [2.05, 4.69) is 50.7 Å². The molecule has 0 unspecified atom stereocenters. The highest BCUT2D eigenvalue weighted by atomic mass is 79.9. The number of aromatic nitrogens is 1. The minimum absolute atomic E-state index is 0.742. The highest BCUT2D eigenvalue weighted by Gasteiger charge is 2.14. The molecule has 4 aromatic rings. The van der Waals surface area contributed by atoms with Gasteiger partial charge in [-0.05, 0) is 45.3 Å². The molecule has 0 aliphatic carbocycles. The van der Waals surface area contributed by atoms with Gasteiger partial charge in [-0.25, -0.2) is 4.98 Å². The second-order valence-corrected chi connectivity index (χ2v) is 8.05. The van der Waals surface area contributed by atoms with Gasteiger partial charge in [0.2, 0.25) is 5.13 Å². The maximum Gasteiger partial charge on any atom is 0.204 e. The van der Waals surface area contributed by atoms with Crippen molar-refractivity contribution in [1.82, 2.24) is 4.98 Å². The van der Waals surface area contributed by atoms with E-state index >= 15 is 0 Å². The van der Waals surface area contributed by atoms with Crippen LogP contribution >= 0.6 is 27.3 Å². The van der Waals surface area contributed by atoms with Crippen molar-refractivity contribution in [3.05, 3.63) is 88.9 Å². The summed E-state index contributed by atoms with van der Waals surface area (Å²) in [5.41, 5.74) is 7.20. The molecular weight excluding hydrogens is 446 g/mol. The van der Waals surface area contributed by atoms with Crippen molar-refractivity contribution in [2.45, 2.75) is 0 Å². The minimum atomic E-state index is 0.742. The molecular formula is C23H18BrN3OS. The molecule has 1 N–H and O–H groups in total. The number of ether oxygens (including phenoxy) is 1. The van der Waals surface area contributed by atoms with Gasteiger partial charge < -0.3 is 4.74 Å². The fraction of sp³-hybridized carbons (Fsp3) is 0.0435. The molecule has 0 atom stereocenters. The fourth-order valence-electron chi connectivity index (χ4n) is 2.87. The molecule has 0 bridgehead atoms. The van der Waals surface area contributed by atoms with Crippen LogP contribution in [0.15, 0.2) is 88.4 Å². The van der Waals surface area contributed by atoms with Gasteiger partial charge in [0.1, 0.15) is 5.75 Å². The van der Waals surface area contributed by atoms with Crippen LogP contribution in [0.1, 0.15) is 5.56 Å². The minimum Gasteiger partial charge on any atom is -0.496 e. The van der Waals surface area contributed by atoms with Crippen LogP contribution in [0, 0.1) is 0 Å². The predicted octanol–water partition coefficient (Wildman–Crippen LogP) is 6.69. The average Bonchev–Trinajstić information content (AvgIpc) is 3.19. The zero-order chi connectivity index (χ0) is 20.1. The third kappa shape index (κ3) is 4.55. The molecule has 3 aromatic carbocycles. The lowest BCUT2D eigenvalue weighted by molar-refractivity contribution is 0.412. The van der Waals surface area contributed by atoms with E-state index in [1.807, 2.05) is 54.6 Å². The van der Waals surface area contributed by atoms with Gasteiger partial charge in [-0.2, -0.15) is 5.10 Å². The van der Waals surface area contributed by atoms with Crippen LogP contribution < -0.4 is 10.2 Å². The van der Waals surface area contributed by atoms with E-state index in [0.717, 1.165) is 42.6 Å². The van der Waals surface area contributed by atoms with Gasteiger partial charge in [0.05, 0.1) is 28.4 Å². The lowest BCUT2D eigenvalue weighted by Gasteiger charge is -2.03. The van der Waals surface area contributed by atoms with E-state index < -0.39 is 0 Å². The van der Waals surface area contributed by atoms with Crippen molar-refractivity contribution in [2.75, 3.05) is 12.5 Å². The molecule has 0 spiro atoms. The lowest BCUT2D eigenvalue weighted by atomic mass is 10.1. The first-order valence-corrected chi connectivity index (χ1v) is 10.6. The largest absolute Gasteiger partial charge is 0.496 e. The fourth-order valence-corrected chi connectivity index (χ4v) is 4.37. The average molecular weight is 464 g/mol. The molecule has 4 rings (SSSR count). The predicted molar refractivity (Wildman–Crippen MR) is 125 cm³/mol. The summed E-state index contributed by atoms with van der Waals surface area (Å²) in [6.07, 6.45) is 1.76. The zero-order valence-electron chi connectivity index (χ0n) is 15.7. The Kier molecular flexibility index (Phi) is 6.03. The maximum absolute atomic E-state index is 5.26. The smallest absolute Gasteiger partial charge is 0.204 e. The first kappa shape index (κ1) is 19.4. The summed E-state index contributed by atoms with van der Waals surface area (Å²) < 4.78 is 6.14. The zero-order valence-corrected chi connectivity index (χ0v) is 18.1. The number of hydrogen-bond acceptors (Lipinski definition) is 5. The van der Waals surface area contributed by atoms with Crippen molar-refractivity contribution in [2.24, 2.45) is 5.10 Å². The number of nitrogens with one attached hydrogen (secondary N) is 1. The lowest BCUT2D eigenvalue weighted by Crippen LogP contribution is -1.91. The number of benzene rings is 3. The van der Waals surface area contributed by atoms with Crippen molar-refractivity contribution < 1.29 is 4.74 Å². The number of hydrogen-bond donors (Lipinski definition) is 1. The highest BCUT2D eigenvalue weighted by molar-refractivity contribution is 9.10. The number of halogens is 1. The van der Waals surface area contributed by atoms with Gasteiger partial charge in [-0.3, -0.25) is 5.43 Å². The van der Waals surface area contributed by atoms with Gasteiger partial charge >= 0.3 is 0 Å². The Morgan fingerprint density at radius 1 is 0.966 bits per heavy atom. The summed E-state index contributed by atoms with van der Waals surface area (Å²) in [6.45, 7) is 0. The maximum atomic E-state index is 5.26. The Bertz CT molecular complexity index is 1070. The quantitative estimate of drug-likeness (QED) is 0.255. The van der Waals surface area contributed by atoms with Crippen LogP contribution in [0.4, 0.5) is 5.13 Å². The topological polar surface area (TPSA) is 46.5 Å². The Hall–Kier alpha value is -2.96. The van der Waals surface area contributed by atoms with E-state index in [4.69, 9.17) is 9.72 Å². The van der Waals surface area contributed by atoms with Crippen molar-refractivity contribution >= 4 is 38.6 Å². The standard InChI is InChI=1S/C23H18BrN3OS/c1-28-20-13-12-16(14-19(20)24)15-25-27-23-26-21(17-8-4-2-5-9-17)22(29-23)18-10-6-3-7-11-18/h2-15H,1H3,(H,26,27)/b25-15+. The molecule has 29 heavy (non-hydrogen) atoms. The van der Waals surface area contributed by atoms with E-state index in [9.17, 15) is 0 Å². The van der Waals surface area contributed by atoms with Gasteiger partial charge in [0, 0.05) is 5.56 Å². The molecule has 0 saturated carbocycles. The monoisotopic (exact) mass is 463 g/mol. The summed E-state index contributed by atoms with van der Waals surface area (Å²) in [5, 5.41) is 5.10. The Morgan fingerprint density at radius 3 is 2.31 bits per heavy atom. The van der Waals surface area contributed by atoms with E-state index in [0.29, 0.717) is 0 Å². The Labute approximate surface area is 182 Å². The molecule has 4 nitrogen and oxygen atoms in total. The summed E-state index contributed by atoms with van der Waals surface area (Å²) in [4.78, 5) is 5.91. The molecule has 1 aromatic heterocycles. The van der Waals surface area contributed by atoms with Gasteiger partial charge in [0.25, 0.3) is 0 Å². The van der Waals surface area contributed by atoms with Crippen LogP contribution in [0.5, 0.6) is 5.75 Å². The van der Waals surface area contributed by atoms with Gasteiger partial charge in [-0.1, -0.05) is 72.0 Å². The van der Waals surface area contributed by atoms with E-state index in [1.54, 1.807) is 24.7 Å². The van der Waals surface area contributed by atoms with Crippen LogP contribution in [0.2, 0.25) is 0 Å². The summed E-state index contributed by atoms with van der Waals surface area (Å²) >= 11 is 5.08.